The van der Waals surface area contributed by atoms with Crippen molar-refractivity contribution in [1.82, 2.24) is 10.5 Å². The Kier molecular flexibility index (Phi) is 6.15. The molecule has 0 unspecified atom stereocenters. The van der Waals surface area contributed by atoms with Crippen LogP contribution in [-0.4, -0.2) is 41.3 Å². The Morgan fingerprint density at radius 1 is 1.34 bits per heavy atom. The van der Waals surface area contributed by atoms with Crippen LogP contribution >= 0.6 is 11.6 Å². The lowest BCUT2D eigenvalue weighted by Crippen LogP contribution is -2.47. The van der Waals surface area contributed by atoms with Crippen LogP contribution in [0.25, 0.3) is 11.0 Å². The molecule has 1 atom stereocenters. The minimum Gasteiger partial charge on any atom is -0.484 e. The first-order valence-corrected chi connectivity index (χ1v) is 8.74. The van der Waals surface area contributed by atoms with Crippen LogP contribution in [0.4, 0.5) is 5.82 Å². The Morgan fingerprint density at radius 2 is 2.14 bits per heavy atom. The number of hydrogen-bond acceptors (Lipinski definition) is 8. The van der Waals surface area contributed by atoms with E-state index in [4.69, 9.17) is 20.8 Å². The standard InChI is InChI=1S/C18H16ClN3O7/c1-9-11-3-2-10(6-13(11)29-18(26)16(9)19)27-8-15(24)20-12(7-23)17(25)21-14-4-5-28-22-14/h2-6,12,23H,7-8H2,1H3,(H,20,24)(H,21,22,25)/t12-/m0/s1. The molecule has 2 aromatic heterocycles. The molecule has 0 spiro atoms. The lowest BCUT2D eigenvalue weighted by molar-refractivity contribution is -0.128. The molecule has 3 rings (SSSR count). The number of aliphatic hydroxyl groups is 1. The fraction of sp³-hybridized carbons (Fsp3) is 0.222. The monoisotopic (exact) mass is 421 g/mol. The van der Waals surface area contributed by atoms with Crippen LogP contribution in [0.5, 0.6) is 5.75 Å². The number of halogens is 1. The molecule has 0 aliphatic carbocycles. The Hall–Kier alpha value is -3.37. The lowest BCUT2D eigenvalue weighted by Gasteiger charge is -2.15. The number of aliphatic hydroxyl groups excluding tert-OH is 1. The molecule has 0 aliphatic heterocycles. The van der Waals surface area contributed by atoms with Crippen LogP contribution in [0, 0.1) is 6.92 Å². The zero-order chi connectivity index (χ0) is 21.0. The highest BCUT2D eigenvalue weighted by Gasteiger charge is 2.21. The average Bonchev–Trinajstić information content (AvgIpc) is 3.21. The highest BCUT2D eigenvalue weighted by atomic mass is 35.5. The van der Waals surface area contributed by atoms with Crippen LogP contribution in [0.15, 0.2) is 44.3 Å². The van der Waals surface area contributed by atoms with Crippen molar-refractivity contribution in [2.24, 2.45) is 0 Å². The van der Waals surface area contributed by atoms with Gasteiger partial charge in [0.1, 0.15) is 28.7 Å². The SMILES string of the molecule is Cc1c(Cl)c(=O)oc2cc(OCC(=O)N[C@@H](CO)C(=O)Nc3ccon3)ccc12. The number of aromatic nitrogens is 1. The van der Waals surface area contributed by atoms with Crippen molar-refractivity contribution in [2.45, 2.75) is 13.0 Å². The minimum atomic E-state index is -1.21. The second kappa shape index (κ2) is 8.76. The van der Waals surface area contributed by atoms with Crippen LogP contribution < -0.4 is 21.0 Å². The van der Waals surface area contributed by atoms with Gasteiger partial charge in [-0.25, -0.2) is 4.79 Å². The minimum absolute atomic E-state index is 0.00416. The molecule has 1 aromatic carbocycles. The number of anilines is 1. The molecule has 2 amide bonds. The number of nitrogens with one attached hydrogen (secondary N) is 2. The fourth-order valence-corrected chi connectivity index (χ4v) is 2.61. The normalized spacial score (nSPS) is 11.8. The van der Waals surface area contributed by atoms with Gasteiger partial charge in [0.15, 0.2) is 12.4 Å². The first kappa shape index (κ1) is 20.4. The molecule has 0 saturated heterocycles. The zero-order valence-corrected chi connectivity index (χ0v) is 15.9. The maximum Gasteiger partial charge on any atom is 0.355 e. The molecule has 0 fully saturated rings. The Labute approximate surface area is 168 Å². The molecule has 3 aromatic rings. The molecule has 3 N–H and O–H groups in total. The molecule has 0 saturated carbocycles. The van der Waals surface area contributed by atoms with Gasteiger partial charge in [-0.05, 0) is 24.6 Å². The highest BCUT2D eigenvalue weighted by molar-refractivity contribution is 6.31. The predicted molar refractivity (Wildman–Crippen MR) is 102 cm³/mol. The summed E-state index contributed by atoms with van der Waals surface area (Å²) in [6.07, 6.45) is 1.26. The number of carbonyl (C=O) groups excluding carboxylic acids is 2. The summed E-state index contributed by atoms with van der Waals surface area (Å²) in [5.41, 5.74) is 0.164. The summed E-state index contributed by atoms with van der Waals surface area (Å²) in [6, 6.07) is 4.88. The molecular weight excluding hydrogens is 406 g/mol. The largest absolute Gasteiger partial charge is 0.484 e. The molecule has 10 nitrogen and oxygen atoms in total. The number of hydrogen-bond donors (Lipinski definition) is 3. The van der Waals surface area contributed by atoms with Crippen molar-refractivity contribution in [3.8, 4) is 5.75 Å². The van der Waals surface area contributed by atoms with Gasteiger partial charge >= 0.3 is 5.63 Å². The summed E-state index contributed by atoms with van der Waals surface area (Å²) in [5, 5.41) is 18.2. The Balaban J connectivity index is 1.61. The third kappa shape index (κ3) is 4.73. The van der Waals surface area contributed by atoms with E-state index in [-0.39, 0.29) is 22.2 Å². The van der Waals surface area contributed by atoms with Crippen molar-refractivity contribution in [3.05, 3.63) is 51.5 Å². The van der Waals surface area contributed by atoms with E-state index in [1.165, 1.54) is 18.4 Å². The molecule has 152 valence electrons. The van der Waals surface area contributed by atoms with E-state index in [0.717, 1.165) is 0 Å². The molecular formula is C18H16ClN3O7. The molecule has 2 heterocycles. The van der Waals surface area contributed by atoms with Crippen LogP contribution in [0.2, 0.25) is 5.02 Å². The second-order valence-corrected chi connectivity index (χ2v) is 6.33. The van der Waals surface area contributed by atoms with Crippen molar-refractivity contribution in [2.75, 3.05) is 18.5 Å². The highest BCUT2D eigenvalue weighted by Crippen LogP contribution is 2.25. The second-order valence-electron chi connectivity index (χ2n) is 5.95. The number of rotatable bonds is 7. The van der Waals surface area contributed by atoms with Gasteiger partial charge in [0.05, 0.1) is 6.61 Å². The maximum atomic E-state index is 12.1. The van der Waals surface area contributed by atoms with Gasteiger partial charge in [-0.15, -0.1) is 0 Å². The van der Waals surface area contributed by atoms with Crippen LogP contribution in [0.1, 0.15) is 5.56 Å². The maximum absolute atomic E-state index is 12.1. The summed E-state index contributed by atoms with van der Waals surface area (Å²) in [5.74, 6) is -0.903. The van der Waals surface area contributed by atoms with Gasteiger partial charge in [-0.3, -0.25) is 9.59 Å². The third-order valence-electron chi connectivity index (χ3n) is 3.96. The summed E-state index contributed by atoms with van der Waals surface area (Å²) in [6.45, 7) is 0.626. The number of nitrogens with zero attached hydrogens (tertiary/aromatic N) is 1. The number of ether oxygens (including phenoxy) is 1. The van der Waals surface area contributed by atoms with Gasteiger partial charge in [-0.2, -0.15) is 0 Å². The predicted octanol–water partition coefficient (Wildman–Crippen LogP) is 1.24. The number of amides is 2. The zero-order valence-electron chi connectivity index (χ0n) is 15.1. The van der Waals surface area contributed by atoms with E-state index in [9.17, 15) is 19.5 Å². The van der Waals surface area contributed by atoms with E-state index in [1.807, 2.05) is 0 Å². The van der Waals surface area contributed by atoms with Gasteiger partial charge in [0, 0.05) is 17.5 Å². The lowest BCUT2D eigenvalue weighted by atomic mass is 10.1. The van der Waals surface area contributed by atoms with Crippen molar-refractivity contribution in [3.63, 3.8) is 0 Å². The molecule has 0 aliphatic rings. The smallest absolute Gasteiger partial charge is 0.355 e. The van der Waals surface area contributed by atoms with Crippen molar-refractivity contribution < 1.29 is 28.4 Å². The van der Waals surface area contributed by atoms with E-state index in [0.29, 0.717) is 10.9 Å². The number of benzene rings is 1. The van der Waals surface area contributed by atoms with E-state index in [1.54, 1.807) is 19.1 Å². The summed E-state index contributed by atoms with van der Waals surface area (Å²) < 4.78 is 15.1. The quantitative estimate of drug-likeness (QED) is 0.483. The summed E-state index contributed by atoms with van der Waals surface area (Å²) in [7, 11) is 0. The number of carbonyl (C=O) groups is 2. The van der Waals surface area contributed by atoms with Crippen molar-refractivity contribution >= 4 is 40.2 Å². The van der Waals surface area contributed by atoms with Gasteiger partial charge < -0.3 is 29.4 Å². The van der Waals surface area contributed by atoms with E-state index in [2.05, 4.69) is 20.3 Å². The van der Waals surface area contributed by atoms with Crippen molar-refractivity contribution in [1.29, 1.82) is 0 Å². The van der Waals surface area contributed by atoms with Crippen LogP contribution in [-0.2, 0) is 9.59 Å². The molecule has 11 heteroatoms. The third-order valence-corrected chi connectivity index (χ3v) is 4.40. The Morgan fingerprint density at radius 3 is 2.83 bits per heavy atom. The summed E-state index contributed by atoms with van der Waals surface area (Å²) in [4.78, 5) is 35.8. The van der Waals surface area contributed by atoms with E-state index >= 15 is 0 Å². The first-order chi connectivity index (χ1) is 13.9. The number of fused-ring (bicyclic) bond motifs is 1. The number of aryl methyl sites for hydroxylation is 1. The topological polar surface area (TPSA) is 144 Å². The fourth-order valence-electron chi connectivity index (χ4n) is 2.47. The Bertz CT molecular complexity index is 1090. The molecule has 0 bridgehead atoms. The summed E-state index contributed by atoms with van der Waals surface area (Å²) >= 11 is 5.88. The van der Waals surface area contributed by atoms with Gasteiger partial charge in [0.2, 0.25) is 0 Å². The first-order valence-electron chi connectivity index (χ1n) is 8.36. The van der Waals surface area contributed by atoms with Crippen LogP contribution in [0.3, 0.4) is 0 Å². The molecule has 29 heavy (non-hydrogen) atoms. The van der Waals surface area contributed by atoms with Gasteiger partial charge in [-0.1, -0.05) is 16.8 Å². The molecule has 0 radical (unpaired) electrons. The van der Waals surface area contributed by atoms with Gasteiger partial charge in [0.25, 0.3) is 11.8 Å². The van der Waals surface area contributed by atoms with E-state index < -0.39 is 36.7 Å². The average molecular weight is 422 g/mol.